The molecule has 1 heterocycles. The van der Waals surface area contributed by atoms with Crippen LogP contribution in [0.25, 0.3) is 0 Å². The maximum absolute atomic E-state index is 11.3. The maximum atomic E-state index is 11.3. The number of ether oxygens (including phenoxy) is 1. The molecule has 0 saturated carbocycles. The van der Waals surface area contributed by atoms with Gasteiger partial charge in [-0.3, -0.25) is 0 Å². The number of rotatable bonds is 5. The summed E-state index contributed by atoms with van der Waals surface area (Å²) in [5.41, 5.74) is 2.00. The first-order valence-corrected chi connectivity index (χ1v) is 11.0. The number of methoxy groups -OCH3 is 1. The second kappa shape index (κ2) is 8.87. The summed E-state index contributed by atoms with van der Waals surface area (Å²) < 4.78 is 27.9. The van der Waals surface area contributed by atoms with Gasteiger partial charge in [-0.25, -0.2) is 13.6 Å². The Morgan fingerprint density at radius 3 is 2.50 bits per heavy atom. The van der Waals surface area contributed by atoms with Crippen LogP contribution in [0.5, 0.6) is 5.75 Å². The standard InChI is InChI=1S/C19H24N4O3S2/c1-26-17-4-2-3-15(13-17)14-22-9-11-23(12-10-22)19(27)21-16-5-7-18(8-6-16)28(20,24)25/h2-8,13H,9-12,14H2,1H3,(H,21,27)(H2,20,24,25)/p+1. The van der Waals surface area contributed by atoms with E-state index >= 15 is 0 Å². The number of thiocarbonyl (C=S) groups is 1. The van der Waals surface area contributed by atoms with Gasteiger partial charge in [0.2, 0.25) is 10.0 Å². The smallest absolute Gasteiger partial charge is 0.238 e. The SMILES string of the molecule is COc1cccc(C[NH+]2CCN(C(=S)Nc3ccc(S(N)(=O)=O)cc3)CC2)c1. The second-order valence-corrected chi connectivity index (χ2v) is 8.71. The van der Waals surface area contributed by atoms with Crippen LogP contribution in [0.4, 0.5) is 5.69 Å². The maximum Gasteiger partial charge on any atom is 0.238 e. The van der Waals surface area contributed by atoms with Gasteiger partial charge in [-0.15, -0.1) is 0 Å². The number of anilines is 1. The lowest BCUT2D eigenvalue weighted by atomic mass is 10.2. The first-order valence-electron chi connectivity index (χ1n) is 9.00. The third kappa shape index (κ3) is 5.41. The van der Waals surface area contributed by atoms with Crippen LogP contribution in [0.2, 0.25) is 0 Å². The molecule has 4 N–H and O–H groups in total. The van der Waals surface area contributed by atoms with Crippen molar-refractivity contribution in [1.82, 2.24) is 4.90 Å². The number of quaternary nitrogens is 1. The van der Waals surface area contributed by atoms with Crippen LogP contribution >= 0.6 is 12.2 Å². The van der Waals surface area contributed by atoms with Gasteiger partial charge in [-0.2, -0.15) is 0 Å². The molecule has 0 aromatic heterocycles. The van der Waals surface area contributed by atoms with E-state index in [1.54, 1.807) is 19.2 Å². The predicted octanol–water partition coefficient (Wildman–Crippen LogP) is 0.440. The molecular weight excluding hydrogens is 396 g/mol. The molecule has 0 atom stereocenters. The topological polar surface area (TPSA) is 89.1 Å². The number of primary sulfonamides is 1. The van der Waals surface area contributed by atoms with Crippen LogP contribution in [-0.4, -0.2) is 51.7 Å². The van der Waals surface area contributed by atoms with Gasteiger partial charge in [0.05, 0.1) is 38.2 Å². The molecule has 150 valence electrons. The lowest BCUT2D eigenvalue weighted by Crippen LogP contribution is -3.13. The molecule has 0 aliphatic carbocycles. The highest BCUT2D eigenvalue weighted by Crippen LogP contribution is 2.14. The van der Waals surface area contributed by atoms with Crippen molar-refractivity contribution in [1.29, 1.82) is 0 Å². The van der Waals surface area contributed by atoms with Crippen LogP contribution in [0.3, 0.4) is 0 Å². The average molecular weight is 422 g/mol. The van der Waals surface area contributed by atoms with E-state index in [0.717, 1.165) is 44.2 Å². The van der Waals surface area contributed by atoms with E-state index in [4.69, 9.17) is 22.1 Å². The van der Waals surface area contributed by atoms with Gasteiger partial charge in [-0.05, 0) is 48.6 Å². The van der Waals surface area contributed by atoms with Crippen molar-refractivity contribution in [2.24, 2.45) is 5.14 Å². The largest absolute Gasteiger partial charge is 0.497 e. The third-order valence-corrected chi connectivity index (χ3v) is 6.07. The summed E-state index contributed by atoms with van der Waals surface area (Å²) in [6.45, 7) is 4.66. The molecular formula is C19H25N4O3S2+. The van der Waals surface area contributed by atoms with Crippen molar-refractivity contribution in [2.45, 2.75) is 11.4 Å². The van der Waals surface area contributed by atoms with Crippen LogP contribution in [0.1, 0.15) is 5.56 Å². The Bertz CT molecular complexity index is 924. The van der Waals surface area contributed by atoms with Crippen molar-refractivity contribution in [3.63, 3.8) is 0 Å². The molecule has 0 spiro atoms. The van der Waals surface area contributed by atoms with Gasteiger partial charge >= 0.3 is 0 Å². The fourth-order valence-electron chi connectivity index (χ4n) is 3.20. The van der Waals surface area contributed by atoms with Crippen molar-refractivity contribution in [3.8, 4) is 5.75 Å². The Kier molecular flexibility index (Phi) is 6.50. The van der Waals surface area contributed by atoms with Gasteiger partial charge in [0.25, 0.3) is 0 Å². The fraction of sp³-hybridized carbons (Fsp3) is 0.316. The number of sulfonamides is 1. The molecule has 1 saturated heterocycles. The highest BCUT2D eigenvalue weighted by atomic mass is 32.2. The number of hydrogen-bond donors (Lipinski definition) is 3. The number of hydrogen-bond acceptors (Lipinski definition) is 4. The summed E-state index contributed by atoms with van der Waals surface area (Å²) >= 11 is 5.51. The molecule has 3 rings (SSSR count). The zero-order valence-electron chi connectivity index (χ0n) is 15.7. The molecule has 1 fully saturated rings. The van der Waals surface area contributed by atoms with Gasteiger partial charge in [0.1, 0.15) is 12.3 Å². The molecule has 9 heteroatoms. The van der Waals surface area contributed by atoms with Crippen LogP contribution in [-0.2, 0) is 16.6 Å². The van der Waals surface area contributed by atoms with Gasteiger partial charge in [0.15, 0.2) is 5.11 Å². The van der Waals surface area contributed by atoms with E-state index in [-0.39, 0.29) is 4.90 Å². The minimum absolute atomic E-state index is 0.0822. The van der Waals surface area contributed by atoms with Gasteiger partial charge in [-0.1, -0.05) is 12.1 Å². The molecule has 28 heavy (non-hydrogen) atoms. The van der Waals surface area contributed by atoms with Crippen molar-refractivity contribution < 1.29 is 18.1 Å². The molecule has 0 bridgehead atoms. The molecule has 2 aromatic rings. The summed E-state index contributed by atoms with van der Waals surface area (Å²) in [6, 6.07) is 14.4. The molecule has 1 aliphatic heterocycles. The van der Waals surface area contributed by atoms with Crippen molar-refractivity contribution in [3.05, 3.63) is 54.1 Å². The van der Waals surface area contributed by atoms with Crippen LogP contribution < -0.4 is 20.1 Å². The summed E-state index contributed by atoms with van der Waals surface area (Å²) in [5, 5.41) is 8.93. The van der Waals surface area contributed by atoms with Crippen LogP contribution in [0.15, 0.2) is 53.4 Å². The molecule has 1 aliphatic rings. The Labute approximate surface area is 171 Å². The van der Waals surface area contributed by atoms with Crippen LogP contribution in [0, 0.1) is 0 Å². The second-order valence-electron chi connectivity index (χ2n) is 6.76. The van der Waals surface area contributed by atoms with Gasteiger partial charge in [0, 0.05) is 11.3 Å². The predicted molar refractivity (Wildman–Crippen MR) is 113 cm³/mol. The minimum atomic E-state index is -3.69. The van der Waals surface area contributed by atoms with E-state index in [2.05, 4.69) is 22.3 Å². The van der Waals surface area contributed by atoms with E-state index in [0.29, 0.717) is 5.11 Å². The van der Waals surface area contributed by atoms with Crippen molar-refractivity contribution in [2.75, 3.05) is 38.6 Å². The Morgan fingerprint density at radius 1 is 1.21 bits per heavy atom. The zero-order chi connectivity index (χ0) is 20.1. The highest BCUT2D eigenvalue weighted by molar-refractivity contribution is 7.89. The van der Waals surface area contributed by atoms with Gasteiger partial charge < -0.3 is 19.9 Å². The van der Waals surface area contributed by atoms with E-state index in [9.17, 15) is 8.42 Å². The minimum Gasteiger partial charge on any atom is -0.497 e. The first kappa shape index (κ1) is 20.5. The zero-order valence-corrected chi connectivity index (χ0v) is 17.4. The Morgan fingerprint density at radius 2 is 1.89 bits per heavy atom. The first-order chi connectivity index (χ1) is 13.3. The van der Waals surface area contributed by atoms with E-state index in [1.165, 1.54) is 22.6 Å². The van der Waals surface area contributed by atoms with Crippen molar-refractivity contribution >= 4 is 33.0 Å². The van der Waals surface area contributed by atoms with E-state index in [1.807, 2.05) is 12.1 Å². The lowest BCUT2D eigenvalue weighted by molar-refractivity contribution is -0.917. The Balaban J connectivity index is 1.51. The third-order valence-electron chi connectivity index (χ3n) is 4.78. The number of nitrogens with two attached hydrogens (primary N) is 1. The monoisotopic (exact) mass is 421 g/mol. The summed E-state index contributed by atoms with van der Waals surface area (Å²) in [6.07, 6.45) is 0. The molecule has 0 amide bonds. The number of nitrogens with zero attached hydrogens (tertiary/aromatic N) is 1. The number of piperazine rings is 1. The molecule has 2 aromatic carbocycles. The lowest BCUT2D eigenvalue weighted by Gasteiger charge is -2.34. The normalized spacial score (nSPS) is 15.3. The number of nitrogens with one attached hydrogen (secondary N) is 2. The summed E-state index contributed by atoms with van der Waals surface area (Å²) in [4.78, 5) is 3.72. The summed E-state index contributed by atoms with van der Waals surface area (Å²) in [7, 11) is -2.00. The quantitative estimate of drug-likeness (QED) is 0.607. The Hall–Kier alpha value is -2.20. The highest BCUT2D eigenvalue weighted by Gasteiger charge is 2.22. The average Bonchev–Trinajstić information content (AvgIpc) is 2.68. The summed E-state index contributed by atoms with van der Waals surface area (Å²) in [5.74, 6) is 0.884. The van der Waals surface area contributed by atoms with E-state index < -0.39 is 10.0 Å². The molecule has 0 unspecified atom stereocenters. The molecule has 0 radical (unpaired) electrons. The molecule has 7 nitrogen and oxygen atoms in total. The number of benzene rings is 2. The fourth-order valence-corrected chi connectivity index (χ4v) is 4.02.